The van der Waals surface area contributed by atoms with E-state index >= 15 is 0 Å². The van der Waals surface area contributed by atoms with E-state index in [9.17, 15) is 4.79 Å². The van der Waals surface area contributed by atoms with Crippen LogP contribution in [0.3, 0.4) is 0 Å². The highest BCUT2D eigenvalue weighted by molar-refractivity contribution is 5.69. The molecule has 0 aromatic heterocycles. The van der Waals surface area contributed by atoms with Gasteiger partial charge in [0.05, 0.1) is 19.8 Å². The highest BCUT2D eigenvalue weighted by atomic mass is 16.6. The van der Waals surface area contributed by atoms with Crippen LogP contribution in [0.2, 0.25) is 0 Å². The number of esters is 1. The summed E-state index contributed by atoms with van der Waals surface area (Å²) in [6, 6.07) is 8.22. The summed E-state index contributed by atoms with van der Waals surface area (Å²) < 4.78 is 16.2. The molecule has 0 radical (unpaired) electrons. The lowest BCUT2D eigenvalue weighted by Gasteiger charge is -2.06. The van der Waals surface area contributed by atoms with E-state index in [1.807, 2.05) is 12.1 Å². The van der Waals surface area contributed by atoms with Crippen LogP contribution in [0.5, 0.6) is 5.75 Å². The summed E-state index contributed by atoms with van der Waals surface area (Å²) in [5.74, 6) is 0.782. The van der Waals surface area contributed by atoms with E-state index < -0.39 is 0 Å². The van der Waals surface area contributed by atoms with Gasteiger partial charge in [-0.25, -0.2) is 0 Å². The maximum absolute atomic E-state index is 11.1. The minimum atomic E-state index is -0.149. The molecular weight excluding hydrogens is 316 g/mol. The van der Waals surface area contributed by atoms with Crippen molar-refractivity contribution in [3.05, 3.63) is 29.8 Å². The predicted molar refractivity (Wildman–Crippen MR) is 98.8 cm³/mol. The van der Waals surface area contributed by atoms with Gasteiger partial charge in [0.2, 0.25) is 0 Å². The van der Waals surface area contributed by atoms with Gasteiger partial charge in [0, 0.05) is 6.42 Å². The van der Waals surface area contributed by atoms with Crippen molar-refractivity contribution in [2.24, 2.45) is 0 Å². The summed E-state index contributed by atoms with van der Waals surface area (Å²) in [4.78, 5) is 11.1. The highest BCUT2D eigenvalue weighted by Crippen LogP contribution is 2.41. The van der Waals surface area contributed by atoms with Gasteiger partial charge in [-0.05, 0) is 37.0 Å². The Kier molecular flexibility index (Phi) is 8.81. The van der Waals surface area contributed by atoms with Gasteiger partial charge < -0.3 is 14.2 Å². The molecule has 0 bridgehead atoms. The van der Waals surface area contributed by atoms with E-state index in [0.29, 0.717) is 6.42 Å². The Morgan fingerprint density at radius 1 is 1.04 bits per heavy atom. The second-order valence-electron chi connectivity index (χ2n) is 6.75. The summed E-state index contributed by atoms with van der Waals surface area (Å²) in [6.45, 7) is 3.03. The first-order valence-corrected chi connectivity index (χ1v) is 9.69. The smallest absolute Gasteiger partial charge is 0.305 e. The molecule has 0 unspecified atom stereocenters. The Balaban J connectivity index is 1.58. The van der Waals surface area contributed by atoms with E-state index in [0.717, 1.165) is 31.6 Å². The Bertz CT molecular complexity index is 497. The summed E-state index contributed by atoms with van der Waals surface area (Å²) in [7, 11) is 1.43. The first-order chi connectivity index (χ1) is 12.2. The van der Waals surface area contributed by atoms with E-state index in [1.54, 1.807) is 0 Å². The fraction of sp³-hybridized carbons (Fsp3) is 0.667. The van der Waals surface area contributed by atoms with Crippen LogP contribution in [0.1, 0.15) is 76.4 Å². The molecule has 0 spiro atoms. The fourth-order valence-corrected chi connectivity index (χ4v) is 3.03. The Morgan fingerprint density at radius 2 is 1.76 bits per heavy atom. The van der Waals surface area contributed by atoms with Crippen molar-refractivity contribution in [1.29, 1.82) is 0 Å². The minimum Gasteiger partial charge on any atom is -0.494 e. The van der Waals surface area contributed by atoms with E-state index in [1.165, 1.54) is 44.8 Å². The van der Waals surface area contributed by atoms with E-state index in [4.69, 9.17) is 9.47 Å². The number of ether oxygens (including phenoxy) is 3. The molecule has 4 heteroatoms. The summed E-state index contributed by atoms with van der Waals surface area (Å²) in [5.41, 5.74) is 1.19. The Morgan fingerprint density at radius 3 is 2.48 bits per heavy atom. The molecule has 0 N–H and O–H groups in total. The van der Waals surface area contributed by atoms with Crippen LogP contribution >= 0.6 is 0 Å². The number of carbonyl (C=O) groups is 1. The molecule has 2 atom stereocenters. The average molecular weight is 348 g/mol. The zero-order valence-corrected chi connectivity index (χ0v) is 15.7. The minimum absolute atomic E-state index is 0.149. The quantitative estimate of drug-likeness (QED) is 0.279. The van der Waals surface area contributed by atoms with Crippen LogP contribution in [0.25, 0.3) is 0 Å². The zero-order valence-electron chi connectivity index (χ0n) is 15.7. The number of carbonyl (C=O) groups excluding carboxylic acids is 1. The number of hydrogen-bond acceptors (Lipinski definition) is 4. The maximum atomic E-state index is 11.1. The van der Waals surface area contributed by atoms with Crippen molar-refractivity contribution in [2.75, 3.05) is 13.7 Å². The van der Waals surface area contributed by atoms with Crippen molar-refractivity contribution in [3.8, 4) is 5.75 Å². The van der Waals surface area contributed by atoms with Crippen LogP contribution in [-0.4, -0.2) is 25.8 Å². The summed E-state index contributed by atoms with van der Waals surface area (Å²) in [5, 5.41) is 0. The normalized spacial score (nSPS) is 18.8. The molecule has 1 heterocycles. The molecule has 1 aromatic carbocycles. The first-order valence-electron chi connectivity index (χ1n) is 9.69. The van der Waals surface area contributed by atoms with Crippen molar-refractivity contribution in [3.63, 3.8) is 0 Å². The molecule has 4 nitrogen and oxygen atoms in total. The standard InChI is InChI=1S/C21H32O4/c1-3-4-5-6-7-8-16-24-18-14-12-17(13-15-18)21-19(25-21)10-9-11-20(22)23-2/h12-15,19,21H,3-11,16H2,1-2H3/t19-,21+/m1/s1. The lowest BCUT2D eigenvalue weighted by atomic mass is 10.1. The van der Waals surface area contributed by atoms with Crippen molar-refractivity contribution in [2.45, 2.75) is 76.9 Å². The SMILES string of the molecule is CCCCCCCCOc1ccc([C@@H]2O[C@@H]2CCCC(=O)OC)cc1. The molecule has 1 fully saturated rings. The predicted octanol–water partition coefficient (Wildman–Crippen LogP) is 5.21. The zero-order chi connectivity index (χ0) is 17.9. The van der Waals surface area contributed by atoms with Crippen LogP contribution in [0.4, 0.5) is 0 Å². The van der Waals surface area contributed by atoms with Crippen molar-refractivity contribution >= 4 is 5.97 Å². The second kappa shape index (κ2) is 11.1. The number of epoxide rings is 1. The molecule has 2 rings (SSSR count). The van der Waals surface area contributed by atoms with Crippen molar-refractivity contribution < 1.29 is 19.0 Å². The molecule has 0 saturated carbocycles. The molecule has 1 aliphatic heterocycles. The number of rotatable bonds is 13. The number of methoxy groups -OCH3 is 1. The van der Waals surface area contributed by atoms with Crippen LogP contribution in [0.15, 0.2) is 24.3 Å². The third-order valence-corrected chi connectivity index (χ3v) is 4.65. The van der Waals surface area contributed by atoms with Crippen LogP contribution in [0, 0.1) is 0 Å². The summed E-state index contributed by atoms with van der Waals surface area (Å²) in [6.07, 6.45) is 10.2. The van der Waals surface area contributed by atoms with E-state index in [2.05, 4.69) is 23.8 Å². The van der Waals surface area contributed by atoms with E-state index in [-0.39, 0.29) is 18.2 Å². The second-order valence-corrected chi connectivity index (χ2v) is 6.75. The van der Waals surface area contributed by atoms with Gasteiger partial charge in [-0.15, -0.1) is 0 Å². The number of unbranched alkanes of at least 4 members (excludes halogenated alkanes) is 5. The lowest BCUT2D eigenvalue weighted by molar-refractivity contribution is -0.140. The monoisotopic (exact) mass is 348 g/mol. The Hall–Kier alpha value is -1.55. The van der Waals surface area contributed by atoms with Gasteiger partial charge in [-0.2, -0.15) is 0 Å². The Labute approximate surface area is 151 Å². The lowest BCUT2D eigenvalue weighted by Crippen LogP contribution is -2.00. The maximum Gasteiger partial charge on any atom is 0.305 e. The molecule has 1 saturated heterocycles. The van der Waals surface area contributed by atoms with Gasteiger partial charge in [-0.3, -0.25) is 4.79 Å². The number of benzene rings is 1. The molecule has 1 aliphatic rings. The van der Waals surface area contributed by atoms with Gasteiger partial charge >= 0.3 is 5.97 Å². The highest BCUT2D eigenvalue weighted by Gasteiger charge is 2.39. The van der Waals surface area contributed by atoms with Crippen LogP contribution in [-0.2, 0) is 14.3 Å². The van der Waals surface area contributed by atoms with Crippen molar-refractivity contribution in [1.82, 2.24) is 0 Å². The summed E-state index contributed by atoms with van der Waals surface area (Å²) >= 11 is 0. The first kappa shape index (κ1) is 19.8. The molecule has 140 valence electrons. The average Bonchev–Trinajstić information content (AvgIpc) is 3.41. The largest absolute Gasteiger partial charge is 0.494 e. The van der Waals surface area contributed by atoms with Gasteiger partial charge in [0.25, 0.3) is 0 Å². The third-order valence-electron chi connectivity index (χ3n) is 4.65. The molecule has 25 heavy (non-hydrogen) atoms. The fourth-order valence-electron chi connectivity index (χ4n) is 3.03. The molecular formula is C21H32O4. The number of hydrogen-bond donors (Lipinski definition) is 0. The van der Waals surface area contributed by atoms with Gasteiger partial charge in [-0.1, -0.05) is 51.2 Å². The molecule has 1 aromatic rings. The van der Waals surface area contributed by atoms with Crippen LogP contribution < -0.4 is 4.74 Å². The molecule has 0 amide bonds. The van der Waals surface area contributed by atoms with Gasteiger partial charge in [0.1, 0.15) is 11.9 Å². The molecule has 0 aliphatic carbocycles. The van der Waals surface area contributed by atoms with Gasteiger partial charge in [0.15, 0.2) is 0 Å². The topological polar surface area (TPSA) is 48.1 Å². The third kappa shape index (κ3) is 7.47.